The van der Waals surface area contributed by atoms with Crippen molar-refractivity contribution < 1.29 is 4.79 Å². The summed E-state index contributed by atoms with van der Waals surface area (Å²) in [5.41, 5.74) is 2.44. The number of carbonyl (C=O) groups excluding carboxylic acids is 1. The topological polar surface area (TPSA) is 29.1 Å². The highest BCUT2D eigenvalue weighted by Gasteiger charge is 2.22. The van der Waals surface area contributed by atoms with E-state index in [-0.39, 0.29) is 11.9 Å². The number of halogens is 1. The monoisotopic (exact) mass is 337 g/mol. The zero-order valence-corrected chi connectivity index (χ0v) is 14.3. The van der Waals surface area contributed by atoms with Gasteiger partial charge < -0.3 is 5.32 Å². The molecule has 1 aliphatic heterocycles. The Balaban J connectivity index is 1.93. The highest BCUT2D eigenvalue weighted by molar-refractivity contribution is 7.98. The van der Waals surface area contributed by atoms with Crippen molar-refractivity contribution >= 4 is 40.6 Å². The number of hydrogen-bond acceptors (Lipinski definition) is 3. The zero-order chi connectivity index (χ0) is 15.0. The molecule has 5 heteroatoms. The van der Waals surface area contributed by atoms with E-state index in [1.165, 1.54) is 20.9 Å². The van der Waals surface area contributed by atoms with Crippen molar-refractivity contribution in [1.82, 2.24) is 5.32 Å². The summed E-state index contributed by atoms with van der Waals surface area (Å²) in [5.74, 6) is 0.930. The van der Waals surface area contributed by atoms with Crippen molar-refractivity contribution in [1.29, 1.82) is 0 Å². The summed E-state index contributed by atoms with van der Waals surface area (Å²) in [5, 5.41) is 3.79. The second kappa shape index (κ2) is 6.03. The number of carbonyl (C=O) groups is 1. The van der Waals surface area contributed by atoms with Gasteiger partial charge in [-0.1, -0.05) is 24.6 Å². The van der Waals surface area contributed by atoms with Gasteiger partial charge in [-0.25, -0.2) is 0 Å². The molecule has 2 aromatic rings. The molecule has 1 N–H and O–H groups in total. The molecule has 2 heterocycles. The molecule has 0 saturated carbocycles. The van der Waals surface area contributed by atoms with Gasteiger partial charge in [-0.2, -0.15) is 0 Å². The number of hydrogen-bond donors (Lipinski definition) is 1. The van der Waals surface area contributed by atoms with E-state index in [2.05, 4.69) is 18.3 Å². The smallest absolute Gasteiger partial charge is 0.261 e. The average molecular weight is 338 g/mol. The molecule has 0 aliphatic carbocycles. The van der Waals surface area contributed by atoms with E-state index in [0.717, 1.165) is 22.1 Å². The Morgan fingerprint density at radius 1 is 1.43 bits per heavy atom. The third-order valence-electron chi connectivity index (χ3n) is 3.59. The Morgan fingerprint density at radius 3 is 3.00 bits per heavy atom. The molecule has 0 radical (unpaired) electrons. The van der Waals surface area contributed by atoms with E-state index in [1.807, 2.05) is 25.1 Å². The number of benzene rings is 1. The molecular formula is C16H16ClNOS2. The van der Waals surface area contributed by atoms with Crippen LogP contribution in [0.3, 0.4) is 0 Å². The van der Waals surface area contributed by atoms with Crippen molar-refractivity contribution in [2.45, 2.75) is 37.0 Å². The normalized spacial score (nSPS) is 14.2. The summed E-state index contributed by atoms with van der Waals surface area (Å²) in [6, 6.07) is 8.20. The molecule has 3 rings (SSSR count). The largest absolute Gasteiger partial charge is 0.349 e. The maximum Gasteiger partial charge on any atom is 0.261 e. The minimum Gasteiger partial charge on any atom is -0.349 e. The number of thiophene rings is 1. The van der Waals surface area contributed by atoms with Crippen molar-refractivity contribution in [3.63, 3.8) is 0 Å². The quantitative estimate of drug-likeness (QED) is 0.833. The summed E-state index contributed by atoms with van der Waals surface area (Å²) in [6.07, 6.45) is 0.939. The molecule has 1 amide bonds. The molecule has 0 bridgehead atoms. The summed E-state index contributed by atoms with van der Waals surface area (Å²) >= 11 is 9.41. The predicted molar refractivity (Wildman–Crippen MR) is 91.5 cm³/mol. The van der Waals surface area contributed by atoms with Crippen molar-refractivity contribution in [2.75, 3.05) is 0 Å². The van der Waals surface area contributed by atoms with Gasteiger partial charge in [0.15, 0.2) is 0 Å². The first-order valence-corrected chi connectivity index (χ1v) is 9.12. The highest BCUT2D eigenvalue weighted by atomic mass is 35.5. The minimum atomic E-state index is 0.0317. The fourth-order valence-corrected chi connectivity index (χ4v) is 4.82. The van der Waals surface area contributed by atoms with Crippen LogP contribution in [0.15, 0.2) is 29.2 Å². The second-order valence-corrected chi connectivity index (χ2v) is 7.68. The number of amides is 1. The number of rotatable bonds is 3. The lowest BCUT2D eigenvalue weighted by molar-refractivity contribution is 0.0943. The van der Waals surface area contributed by atoms with E-state index >= 15 is 0 Å². The van der Waals surface area contributed by atoms with Gasteiger partial charge in [0.05, 0.1) is 4.88 Å². The van der Waals surface area contributed by atoms with E-state index < -0.39 is 0 Å². The fourth-order valence-electron chi connectivity index (χ4n) is 2.23. The number of nitrogens with one attached hydrogen (secondary N) is 1. The molecule has 1 aromatic carbocycles. The van der Waals surface area contributed by atoms with E-state index in [1.54, 1.807) is 23.1 Å². The molecule has 21 heavy (non-hydrogen) atoms. The summed E-state index contributed by atoms with van der Waals surface area (Å²) in [7, 11) is 0. The Labute approximate surface area is 137 Å². The van der Waals surface area contributed by atoms with E-state index in [4.69, 9.17) is 11.6 Å². The van der Waals surface area contributed by atoms with Gasteiger partial charge in [0, 0.05) is 32.2 Å². The lowest BCUT2D eigenvalue weighted by Gasteiger charge is -2.15. The molecule has 1 atom stereocenters. The van der Waals surface area contributed by atoms with Crippen molar-refractivity contribution in [3.8, 4) is 10.4 Å². The molecule has 0 saturated heterocycles. The lowest BCUT2D eigenvalue weighted by Crippen LogP contribution is -2.31. The van der Waals surface area contributed by atoms with E-state index in [0.29, 0.717) is 0 Å². The van der Waals surface area contributed by atoms with Crippen LogP contribution in [0, 0.1) is 0 Å². The number of thioether (sulfide) groups is 1. The van der Waals surface area contributed by atoms with Gasteiger partial charge in [0.2, 0.25) is 0 Å². The van der Waals surface area contributed by atoms with Crippen LogP contribution < -0.4 is 5.32 Å². The fraction of sp³-hybridized carbons (Fsp3) is 0.312. The molecular weight excluding hydrogens is 322 g/mol. The Kier molecular flexibility index (Phi) is 4.29. The van der Waals surface area contributed by atoms with Crippen LogP contribution in [0.25, 0.3) is 10.4 Å². The maximum atomic E-state index is 12.3. The average Bonchev–Trinajstić information content (AvgIpc) is 2.91. The van der Waals surface area contributed by atoms with Crippen LogP contribution >= 0.6 is 34.7 Å². The molecule has 1 unspecified atom stereocenters. The van der Waals surface area contributed by atoms with Crippen LogP contribution in [0.2, 0.25) is 5.02 Å². The third kappa shape index (κ3) is 2.98. The molecule has 0 fully saturated rings. The maximum absolute atomic E-state index is 12.3. The minimum absolute atomic E-state index is 0.0317. The molecule has 1 aliphatic rings. The molecule has 2 nitrogen and oxygen atoms in total. The first-order chi connectivity index (χ1) is 10.1. The van der Waals surface area contributed by atoms with Crippen LogP contribution in [-0.2, 0) is 5.75 Å². The van der Waals surface area contributed by atoms with Gasteiger partial charge >= 0.3 is 0 Å². The summed E-state index contributed by atoms with van der Waals surface area (Å²) < 4.78 is 0. The lowest BCUT2D eigenvalue weighted by atomic mass is 10.1. The van der Waals surface area contributed by atoms with Gasteiger partial charge in [0.25, 0.3) is 5.91 Å². The van der Waals surface area contributed by atoms with Gasteiger partial charge in [-0.3, -0.25) is 4.79 Å². The van der Waals surface area contributed by atoms with Gasteiger partial charge in [-0.05, 0) is 37.1 Å². The van der Waals surface area contributed by atoms with Crippen LogP contribution in [-0.4, -0.2) is 11.9 Å². The Bertz CT molecular complexity index is 696. The molecule has 0 spiro atoms. The predicted octanol–water partition coefficient (Wildman–Crippen LogP) is 5.20. The van der Waals surface area contributed by atoms with Crippen LogP contribution in [0.4, 0.5) is 0 Å². The molecule has 110 valence electrons. The van der Waals surface area contributed by atoms with E-state index in [9.17, 15) is 4.79 Å². The standard InChI is InChI=1S/C16H16ClNOS2/c1-3-9(2)18-16(19)14-6-10-8-20-13-7-11(17)4-5-12(13)15(10)21-14/h4-7,9H,3,8H2,1-2H3,(H,18,19). The molecule has 1 aromatic heterocycles. The van der Waals surface area contributed by atoms with Crippen molar-refractivity contribution in [2.24, 2.45) is 0 Å². The second-order valence-electron chi connectivity index (χ2n) is 5.18. The Morgan fingerprint density at radius 2 is 2.24 bits per heavy atom. The highest BCUT2D eigenvalue weighted by Crippen LogP contribution is 2.46. The van der Waals surface area contributed by atoms with Crippen LogP contribution in [0.1, 0.15) is 35.5 Å². The SMILES string of the molecule is CCC(C)NC(=O)c1cc2c(s1)-c1ccc(Cl)cc1SC2. The van der Waals surface area contributed by atoms with Gasteiger partial charge in [-0.15, -0.1) is 23.1 Å². The zero-order valence-electron chi connectivity index (χ0n) is 11.9. The third-order valence-corrected chi connectivity index (χ3v) is 6.14. The Hall–Kier alpha value is -0.970. The van der Waals surface area contributed by atoms with Crippen LogP contribution in [0.5, 0.6) is 0 Å². The van der Waals surface area contributed by atoms with Gasteiger partial charge in [0.1, 0.15) is 0 Å². The first-order valence-electron chi connectivity index (χ1n) is 6.94. The van der Waals surface area contributed by atoms with Crippen molar-refractivity contribution in [3.05, 3.63) is 39.7 Å². The number of fused-ring (bicyclic) bond motifs is 3. The summed E-state index contributed by atoms with van der Waals surface area (Å²) in [6.45, 7) is 4.10. The first kappa shape index (κ1) is 14.9. The summed E-state index contributed by atoms with van der Waals surface area (Å²) in [4.78, 5) is 15.5.